The normalized spacial score (nSPS) is 11.3. The van der Waals surface area contributed by atoms with Gasteiger partial charge < -0.3 is 14.8 Å². The van der Waals surface area contributed by atoms with Crippen molar-refractivity contribution in [3.63, 3.8) is 0 Å². The Kier molecular flexibility index (Phi) is 6.11. The molecule has 0 amide bonds. The van der Waals surface area contributed by atoms with Crippen LogP contribution in [-0.4, -0.2) is 38.1 Å². The molecule has 0 fully saturated rings. The number of benzene rings is 1. The molecule has 7 nitrogen and oxygen atoms in total. The van der Waals surface area contributed by atoms with Gasteiger partial charge in [-0.25, -0.2) is 4.98 Å². The van der Waals surface area contributed by atoms with Crippen LogP contribution in [0.25, 0.3) is 22.4 Å². The monoisotopic (exact) mass is 415 g/mol. The molecule has 3 heterocycles. The second kappa shape index (κ2) is 9.12. The molecule has 0 bridgehead atoms. The summed E-state index contributed by atoms with van der Waals surface area (Å²) in [7, 11) is 2.05. The summed E-state index contributed by atoms with van der Waals surface area (Å²) < 4.78 is 2.09. The Morgan fingerprint density at radius 1 is 1.03 bits per heavy atom. The van der Waals surface area contributed by atoms with Gasteiger partial charge in [0, 0.05) is 37.9 Å². The number of hydrogen-bond acceptors (Lipinski definition) is 6. The van der Waals surface area contributed by atoms with Gasteiger partial charge in [0.1, 0.15) is 0 Å². The Bertz CT molecular complexity index is 1130. The maximum absolute atomic E-state index is 4.79. The lowest BCUT2D eigenvalue weighted by Crippen LogP contribution is -2.19. The number of fused-ring (bicyclic) bond motifs is 1. The van der Waals surface area contributed by atoms with Crippen LogP contribution >= 0.6 is 0 Å². The zero-order valence-corrected chi connectivity index (χ0v) is 18.6. The van der Waals surface area contributed by atoms with Crippen LogP contribution in [0.3, 0.4) is 0 Å². The van der Waals surface area contributed by atoms with Crippen LogP contribution in [0.5, 0.6) is 0 Å². The number of imidazole rings is 1. The molecule has 1 N–H and O–H groups in total. The number of hydrogen-bond donors (Lipinski definition) is 1. The molecule has 0 aliphatic rings. The third-order valence-corrected chi connectivity index (χ3v) is 5.19. The molecule has 0 aliphatic heterocycles. The summed E-state index contributed by atoms with van der Waals surface area (Å²) in [4.78, 5) is 20.7. The van der Waals surface area contributed by atoms with Gasteiger partial charge in [-0.3, -0.25) is 4.98 Å². The molecule has 0 unspecified atom stereocenters. The maximum Gasteiger partial charge on any atom is 0.226 e. The average molecular weight is 416 g/mol. The minimum absolute atomic E-state index is 0.274. The van der Waals surface area contributed by atoms with E-state index in [0.717, 1.165) is 47.7 Å². The van der Waals surface area contributed by atoms with E-state index in [0.29, 0.717) is 5.95 Å². The summed E-state index contributed by atoms with van der Waals surface area (Å²) in [5.74, 6) is 1.47. The van der Waals surface area contributed by atoms with Crippen molar-refractivity contribution in [2.24, 2.45) is 0 Å². The van der Waals surface area contributed by atoms with Crippen molar-refractivity contribution in [1.82, 2.24) is 24.5 Å². The highest BCUT2D eigenvalue weighted by atomic mass is 15.3. The molecule has 4 aromatic rings. The zero-order chi connectivity index (χ0) is 21.8. The number of nitrogens with zero attached hydrogens (tertiary/aromatic N) is 6. The molecule has 4 rings (SSSR count). The van der Waals surface area contributed by atoms with Crippen LogP contribution in [0.2, 0.25) is 0 Å². The van der Waals surface area contributed by atoms with Crippen molar-refractivity contribution < 1.29 is 0 Å². The van der Waals surface area contributed by atoms with E-state index in [1.165, 1.54) is 5.56 Å². The molecule has 0 aliphatic carbocycles. The lowest BCUT2D eigenvalue weighted by Gasteiger charge is -2.20. The molecular weight excluding hydrogens is 386 g/mol. The molecule has 1 aromatic carbocycles. The quantitative estimate of drug-likeness (QED) is 0.440. The van der Waals surface area contributed by atoms with Crippen molar-refractivity contribution in [2.75, 3.05) is 23.8 Å². The summed E-state index contributed by atoms with van der Waals surface area (Å²) in [6.07, 6.45) is 4.68. The molecule has 31 heavy (non-hydrogen) atoms. The van der Waals surface area contributed by atoms with Crippen molar-refractivity contribution in [1.29, 1.82) is 0 Å². The van der Waals surface area contributed by atoms with Crippen LogP contribution in [-0.2, 0) is 6.54 Å². The lowest BCUT2D eigenvalue weighted by molar-refractivity contribution is 0.613. The fraction of sp³-hybridized carbons (Fsp3) is 0.333. The van der Waals surface area contributed by atoms with E-state index in [1.807, 2.05) is 37.8 Å². The highest BCUT2D eigenvalue weighted by Gasteiger charge is 2.18. The highest BCUT2D eigenvalue weighted by molar-refractivity contribution is 5.85. The third kappa shape index (κ3) is 4.50. The molecule has 0 saturated heterocycles. The van der Waals surface area contributed by atoms with Gasteiger partial charge in [0.2, 0.25) is 5.95 Å². The van der Waals surface area contributed by atoms with Crippen LogP contribution < -0.4 is 10.2 Å². The van der Waals surface area contributed by atoms with Gasteiger partial charge in [0.25, 0.3) is 0 Å². The van der Waals surface area contributed by atoms with Gasteiger partial charge in [0.05, 0.1) is 12.0 Å². The first-order valence-electron chi connectivity index (χ1n) is 10.8. The van der Waals surface area contributed by atoms with Crippen LogP contribution in [0.1, 0.15) is 38.8 Å². The van der Waals surface area contributed by atoms with E-state index in [1.54, 1.807) is 0 Å². The fourth-order valence-corrected chi connectivity index (χ4v) is 3.52. The average Bonchev–Trinajstić information content (AvgIpc) is 3.22. The standard InChI is InChI=1S/C24H29N7/c1-5-13-26-24-28-22(21-23(29-24)31(16-27-21)17(2)3)30(4)15-18-9-11-19(12-10-18)20-8-6-7-14-25-20/h6-12,14,16-17H,5,13,15H2,1-4H3,(H,26,28,29). The van der Waals surface area contributed by atoms with Gasteiger partial charge in [-0.15, -0.1) is 0 Å². The third-order valence-electron chi connectivity index (χ3n) is 5.19. The van der Waals surface area contributed by atoms with Crippen molar-refractivity contribution in [3.8, 4) is 11.3 Å². The fourth-order valence-electron chi connectivity index (χ4n) is 3.52. The van der Waals surface area contributed by atoms with E-state index in [9.17, 15) is 0 Å². The lowest BCUT2D eigenvalue weighted by atomic mass is 10.1. The summed E-state index contributed by atoms with van der Waals surface area (Å²) in [6, 6.07) is 14.7. The number of pyridine rings is 1. The molecule has 0 saturated carbocycles. The van der Waals surface area contributed by atoms with E-state index in [4.69, 9.17) is 9.97 Å². The molecule has 0 spiro atoms. The number of aromatic nitrogens is 5. The molecule has 3 aromatic heterocycles. The largest absolute Gasteiger partial charge is 0.354 e. The van der Waals surface area contributed by atoms with E-state index >= 15 is 0 Å². The maximum atomic E-state index is 4.79. The molecule has 0 atom stereocenters. The second-order valence-corrected chi connectivity index (χ2v) is 7.98. The van der Waals surface area contributed by atoms with Crippen molar-refractivity contribution in [2.45, 2.75) is 39.8 Å². The van der Waals surface area contributed by atoms with Gasteiger partial charge in [-0.2, -0.15) is 9.97 Å². The second-order valence-electron chi connectivity index (χ2n) is 7.98. The van der Waals surface area contributed by atoms with Crippen LogP contribution in [0.15, 0.2) is 55.0 Å². The number of nitrogens with one attached hydrogen (secondary N) is 1. The predicted octanol–water partition coefficient (Wildman–Crippen LogP) is 4.93. The first-order chi connectivity index (χ1) is 15.1. The topological polar surface area (TPSA) is 71.8 Å². The molecule has 7 heteroatoms. The molecule has 160 valence electrons. The van der Waals surface area contributed by atoms with Gasteiger partial charge in [-0.1, -0.05) is 37.3 Å². The van der Waals surface area contributed by atoms with Crippen LogP contribution in [0, 0.1) is 0 Å². The van der Waals surface area contributed by atoms with E-state index in [2.05, 4.69) is 69.8 Å². The Labute approximate surface area is 183 Å². The summed E-state index contributed by atoms with van der Waals surface area (Å²) in [6.45, 7) is 7.95. The Morgan fingerprint density at radius 3 is 2.52 bits per heavy atom. The molecule has 0 radical (unpaired) electrons. The van der Waals surface area contributed by atoms with Crippen LogP contribution in [0.4, 0.5) is 11.8 Å². The predicted molar refractivity (Wildman–Crippen MR) is 126 cm³/mol. The minimum Gasteiger partial charge on any atom is -0.354 e. The van der Waals surface area contributed by atoms with E-state index < -0.39 is 0 Å². The summed E-state index contributed by atoms with van der Waals surface area (Å²) >= 11 is 0. The van der Waals surface area contributed by atoms with Gasteiger partial charge in [0.15, 0.2) is 17.0 Å². The van der Waals surface area contributed by atoms with Gasteiger partial charge >= 0.3 is 0 Å². The zero-order valence-electron chi connectivity index (χ0n) is 18.6. The highest BCUT2D eigenvalue weighted by Crippen LogP contribution is 2.27. The van der Waals surface area contributed by atoms with Gasteiger partial charge in [-0.05, 0) is 38.0 Å². The Balaban J connectivity index is 1.62. The number of anilines is 2. The minimum atomic E-state index is 0.274. The van der Waals surface area contributed by atoms with E-state index in [-0.39, 0.29) is 6.04 Å². The Morgan fingerprint density at radius 2 is 1.84 bits per heavy atom. The summed E-state index contributed by atoms with van der Waals surface area (Å²) in [5, 5.41) is 3.33. The number of rotatable bonds is 8. The first kappa shape index (κ1) is 20.8. The van der Waals surface area contributed by atoms with Crippen molar-refractivity contribution in [3.05, 3.63) is 60.6 Å². The smallest absolute Gasteiger partial charge is 0.226 e. The first-order valence-corrected chi connectivity index (χ1v) is 10.8. The summed E-state index contributed by atoms with van der Waals surface area (Å²) in [5.41, 5.74) is 4.96. The van der Waals surface area contributed by atoms with Crippen molar-refractivity contribution >= 4 is 22.9 Å². The SMILES string of the molecule is CCCNc1nc(N(C)Cc2ccc(-c3ccccn3)cc2)c2ncn(C(C)C)c2n1. The Hall–Kier alpha value is -3.48. The molecular formula is C24H29N7.